The largest absolute Gasteiger partial charge is 0.453 e. The Hall–Kier alpha value is -0.390. The maximum absolute atomic E-state index is 13.6. The predicted octanol–water partition coefficient (Wildman–Crippen LogP) is 6.89. The van der Waals surface area contributed by atoms with Gasteiger partial charge in [0.15, 0.2) is 5.60 Å². The monoisotopic (exact) mass is 408 g/mol. The zero-order valence-electron chi connectivity index (χ0n) is 15.6. The zero-order chi connectivity index (χ0) is 18.5. The lowest BCUT2D eigenvalue weighted by Crippen LogP contribution is -2.62. The van der Waals surface area contributed by atoms with Gasteiger partial charge in [-0.05, 0) is 33.5 Å². The smallest absolute Gasteiger partial charge is 0.310 e. The molecule has 1 heterocycles. The van der Waals surface area contributed by atoms with Crippen LogP contribution in [0.1, 0.15) is 84.1 Å². The number of ether oxygens (including phenoxy) is 1. The normalized spacial score (nSPS) is 17.4. The van der Waals surface area contributed by atoms with E-state index in [2.05, 4.69) is 20.9 Å². The van der Waals surface area contributed by atoms with E-state index in [4.69, 9.17) is 10.5 Å². The van der Waals surface area contributed by atoms with Gasteiger partial charge in [0.25, 0.3) is 6.02 Å². The molecule has 0 amide bonds. The molecule has 0 unspecified atom stereocenters. The fourth-order valence-corrected chi connectivity index (χ4v) is 1.43. The van der Waals surface area contributed by atoms with Gasteiger partial charge in [0, 0.05) is 0 Å². The molecule has 0 fully saturated rings. The molecule has 0 aromatic carbocycles. The second-order valence-electron chi connectivity index (χ2n) is 4.20. The van der Waals surface area contributed by atoms with Gasteiger partial charge >= 0.3 is 5.92 Å². The number of halogens is 3. The number of hydrogen-bond donors (Lipinski definition) is 1. The standard InChI is InChI=1S/C8H14F2N2O.3C2H6.CH3Br.2CH4/c1-6(2)8(9,10)7(3,4)13-5(11)12-6;4*1-2;;/h1-4H3,(H2,11,12);3*1-2H3;1H3;2*1H4. The Kier molecular flexibility index (Phi) is 29.9. The number of amidine groups is 1. The van der Waals surface area contributed by atoms with Crippen molar-refractivity contribution in [3.63, 3.8) is 0 Å². The summed E-state index contributed by atoms with van der Waals surface area (Å²) in [6, 6.07) is -0.180. The number of alkyl halides is 3. The lowest BCUT2D eigenvalue weighted by molar-refractivity contribution is -0.200. The zero-order valence-corrected chi connectivity index (χ0v) is 17.2. The molecule has 6 heteroatoms. The number of nitrogens with zero attached hydrogens (tertiary/aromatic N) is 1. The second-order valence-corrected chi connectivity index (χ2v) is 4.20. The third kappa shape index (κ3) is 10.9. The first-order chi connectivity index (χ1) is 9.60. The molecule has 0 aromatic rings. The number of hydrogen-bond acceptors (Lipinski definition) is 3. The highest BCUT2D eigenvalue weighted by Gasteiger charge is 2.62. The summed E-state index contributed by atoms with van der Waals surface area (Å²) >= 11 is 2.94. The van der Waals surface area contributed by atoms with Gasteiger partial charge in [0.1, 0.15) is 5.54 Å². The second kappa shape index (κ2) is 18.0. The van der Waals surface area contributed by atoms with E-state index >= 15 is 0 Å². The van der Waals surface area contributed by atoms with E-state index in [0.29, 0.717) is 0 Å². The van der Waals surface area contributed by atoms with E-state index < -0.39 is 17.1 Å². The van der Waals surface area contributed by atoms with Crippen molar-refractivity contribution in [2.45, 2.75) is 101 Å². The fourth-order valence-electron chi connectivity index (χ4n) is 1.43. The molecule has 0 saturated carbocycles. The van der Waals surface area contributed by atoms with Crippen LogP contribution in [0, 0.1) is 0 Å². The molecule has 0 bridgehead atoms. The van der Waals surface area contributed by atoms with E-state index in [1.807, 2.05) is 47.4 Å². The van der Waals surface area contributed by atoms with Crippen LogP contribution in [0.25, 0.3) is 0 Å². The molecule has 148 valence electrons. The number of aliphatic imine (C=N–C) groups is 1. The lowest BCUT2D eigenvalue weighted by Gasteiger charge is -2.44. The molecule has 0 radical (unpaired) electrons. The lowest BCUT2D eigenvalue weighted by atomic mass is 9.84. The Morgan fingerprint density at radius 1 is 0.870 bits per heavy atom. The van der Waals surface area contributed by atoms with Gasteiger partial charge in [-0.25, -0.2) is 4.99 Å². The Morgan fingerprint density at radius 2 is 1.13 bits per heavy atom. The Morgan fingerprint density at radius 3 is 1.35 bits per heavy atom. The number of nitrogens with two attached hydrogens (primary N) is 1. The average Bonchev–Trinajstić information content (AvgIpc) is 2.44. The third-order valence-electron chi connectivity index (χ3n) is 2.27. The molecular weight excluding hydrogens is 366 g/mol. The molecule has 3 nitrogen and oxygen atoms in total. The summed E-state index contributed by atoms with van der Waals surface area (Å²) < 4.78 is 32.1. The Bertz CT molecular complexity index is 269. The summed E-state index contributed by atoms with van der Waals surface area (Å²) in [4.78, 5) is 3.59. The van der Waals surface area contributed by atoms with E-state index in [1.54, 1.807) is 0 Å². The highest BCUT2D eigenvalue weighted by atomic mass is 79.9. The summed E-state index contributed by atoms with van der Waals surface area (Å²) in [6.07, 6.45) is 0. The van der Waals surface area contributed by atoms with Crippen LogP contribution in [0.3, 0.4) is 0 Å². The van der Waals surface area contributed by atoms with Gasteiger partial charge in [0.2, 0.25) is 0 Å². The minimum atomic E-state index is -3.04. The summed E-state index contributed by atoms with van der Waals surface area (Å²) in [7, 11) is 0. The van der Waals surface area contributed by atoms with Crippen molar-refractivity contribution in [3.05, 3.63) is 0 Å². The van der Waals surface area contributed by atoms with Crippen molar-refractivity contribution in [2.24, 2.45) is 10.7 Å². The van der Waals surface area contributed by atoms with Gasteiger partial charge in [-0.2, -0.15) is 8.78 Å². The number of rotatable bonds is 0. The van der Waals surface area contributed by atoms with Gasteiger partial charge in [0.05, 0.1) is 0 Å². The van der Waals surface area contributed by atoms with E-state index in [1.165, 1.54) is 27.7 Å². The molecule has 0 spiro atoms. The first-order valence-corrected chi connectivity index (χ1v) is 8.99. The van der Waals surface area contributed by atoms with Crippen molar-refractivity contribution in [1.29, 1.82) is 0 Å². The quantitative estimate of drug-likeness (QED) is 0.443. The molecule has 0 atom stereocenters. The average molecular weight is 409 g/mol. The summed E-state index contributed by atoms with van der Waals surface area (Å²) in [5.41, 5.74) is 2.18. The molecule has 0 saturated heterocycles. The first-order valence-electron chi connectivity index (χ1n) is 7.40. The predicted molar refractivity (Wildman–Crippen MR) is 108 cm³/mol. The van der Waals surface area contributed by atoms with Crippen molar-refractivity contribution in [2.75, 3.05) is 5.83 Å². The van der Waals surface area contributed by atoms with Crippen LogP contribution in [-0.2, 0) is 4.74 Å². The van der Waals surface area contributed by atoms with E-state index in [0.717, 1.165) is 0 Å². The van der Waals surface area contributed by atoms with Crippen LogP contribution in [-0.4, -0.2) is 28.9 Å². The molecule has 23 heavy (non-hydrogen) atoms. The molecule has 0 aliphatic carbocycles. The van der Waals surface area contributed by atoms with Gasteiger partial charge < -0.3 is 10.5 Å². The SMILES string of the molecule is C.C.CBr.CC.CC.CC.CC1(C)N=C(N)OC(C)(C)C1(F)F. The van der Waals surface area contributed by atoms with Crippen LogP contribution in [0.2, 0.25) is 0 Å². The van der Waals surface area contributed by atoms with Gasteiger partial charge in [-0.15, -0.1) is 0 Å². The molecule has 2 N–H and O–H groups in total. The third-order valence-corrected chi connectivity index (χ3v) is 2.27. The molecule has 0 aromatic heterocycles. The minimum absolute atomic E-state index is 0. The molecule has 1 aliphatic heterocycles. The van der Waals surface area contributed by atoms with E-state index in [-0.39, 0.29) is 20.9 Å². The Balaban J connectivity index is -0.0000000633. The van der Waals surface area contributed by atoms with Crippen molar-refractivity contribution < 1.29 is 13.5 Å². The van der Waals surface area contributed by atoms with E-state index in [9.17, 15) is 8.78 Å². The molecule has 1 aliphatic rings. The first kappa shape index (κ1) is 38.3. The van der Waals surface area contributed by atoms with Crippen LogP contribution < -0.4 is 5.73 Å². The van der Waals surface area contributed by atoms with Crippen molar-refractivity contribution >= 4 is 22.0 Å². The fraction of sp³-hybridized carbons (Fsp3) is 0.941. The van der Waals surface area contributed by atoms with Crippen molar-refractivity contribution in [1.82, 2.24) is 0 Å². The van der Waals surface area contributed by atoms with Crippen LogP contribution >= 0.6 is 15.9 Å². The topological polar surface area (TPSA) is 47.6 Å². The van der Waals surface area contributed by atoms with Gasteiger partial charge in [-0.1, -0.05) is 72.3 Å². The summed E-state index contributed by atoms with van der Waals surface area (Å²) in [6.45, 7) is 17.3. The minimum Gasteiger partial charge on any atom is -0.453 e. The van der Waals surface area contributed by atoms with Crippen LogP contribution in [0.15, 0.2) is 4.99 Å². The molecule has 1 rings (SSSR count). The van der Waals surface area contributed by atoms with Gasteiger partial charge in [-0.3, -0.25) is 0 Å². The maximum Gasteiger partial charge on any atom is 0.310 e. The molecular formula is C17H43BrF2N2O. The highest BCUT2D eigenvalue weighted by Crippen LogP contribution is 2.45. The Labute approximate surface area is 153 Å². The van der Waals surface area contributed by atoms with Crippen LogP contribution in [0.4, 0.5) is 8.78 Å². The highest BCUT2D eigenvalue weighted by molar-refractivity contribution is 9.08. The van der Waals surface area contributed by atoms with Crippen LogP contribution in [0.5, 0.6) is 0 Å². The maximum atomic E-state index is 13.6. The van der Waals surface area contributed by atoms with Crippen molar-refractivity contribution in [3.8, 4) is 0 Å². The summed E-state index contributed by atoms with van der Waals surface area (Å²) in [5, 5.41) is 0. The summed E-state index contributed by atoms with van der Waals surface area (Å²) in [5.74, 6) is -1.23.